The van der Waals surface area contributed by atoms with Crippen LogP contribution in [0.25, 0.3) is 32.3 Å². The highest BCUT2D eigenvalue weighted by Crippen LogP contribution is 2.42. The Bertz CT molecular complexity index is 919. The van der Waals surface area contributed by atoms with E-state index in [1.807, 2.05) is 30.3 Å². The van der Waals surface area contributed by atoms with E-state index < -0.39 is 0 Å². The quantitative estimate of drug-likeness (QED) is 0.323. The van der Waals surface area contributed by atoms with Crippen LogP contribution in [0.5, 0.6) is 0 Å². The monoisotopic (exact) mass is 304 g/mol. The molecule has 0 saturated carbocycles. The summed E-state index contributed by atoms with van der Waals surface area (Å²) in [6.45, 7) is 0. The van der Waals surface area contributed by atoms with Crippen LogP contribution in [0.1, 0.15) is 0 Å². The van der Waals surface area contributed by atoms with Crippen molar-refractivity contribution in [3.8, 4) is 0 Å². The Morgan fingerprint density at radius 2 is 1.05 bits per heavy atom. The first kappa shape index (κ1) is 11.6. The molecule has 0 aliphatic rings. The van der Waals surface area contributed by atoms with Crippen LogP contribution in [-0.4, -0.2) is 0 Å². The van der Waals surface area contributed by atoms with Crippen LogP contribution in [0.15, 0.2) is 42.5 Å². The number of rotatable bonds is 0. The Morgan fingerprint density at radius 3 is 1.74 bits per heavy atom. The highest BCUT2D eigenvalue weighted by Gasteiger charge is 2.13. The number of halogens is 3. The Balaban J connectivity index is 2.47. The van der Waals surface area contributed by atoms with Crippen LogP contribution in [-0.2, 0) is 0 Å². The van der Waals surface area contributed by atoms with Gasteiger partial charge in [-0.1, -0.05) is 65.1 Å². The molecule has 0 heterocycles. The molecule has 0 aromatic heterocycles. The van der Waals surface area contributed by atoms with Gasteiger partial charge in [-0.15, -0.1) is 0 Å². The zero-order chi connectivity index (χ0) is 13.1. The first-order chi connectivity index (χ1) is 9.16. The van der Waals surface area contributed by atoms with Gasteiger partial charge in [-0.05, 0) is 22.9 Å². The molecule has 0 saturated heterocycles. The van der Waals surface area contributed by atoms with Crippen LogP contribution in [0.2, 0.25) is 15.1 Å². The van der Waals surface area contributed by atoms with Gasteiger partial charge in [0, 0.05) is 36.6 Å². The van der Waals surface area contributed by atoms with Crippen molar-refractivity contribution in [3.05, 3.63) is 57.5 Å². The smallest absolute Gasteiger partial charge is 0.0499 e. The minimum Gasteiger partial charge on any atom is -0.0837 e. The zero-order valence-electron chi connectivity index (χ0n) is 9.68. The lowest BCUT2D eigenvalue weighted by atomic mass is 9.94. The van der Waals surface area contributed by atoms with E-state index in [-0.39, 0.29) is 0 Å². The molecule has 0 nitrogen and oxygen atoms in total. The largest absolute Gasteiger partial charge is 0.0837 e. The SMILES string of the molecule is Clc1ccc2ccc3c(Cl)cc(Cl)c4ccc1c2c34. The van der Waals surface area contributed by atoms with Crippen LogP contribution in [0.4, 0.5) is 0 Å². The Kier molecular flexibility index (Phi) is 2.38. The maximum atomic E-state index is 6.31. The second kappa shape index (κ2) is 3.89. The molecular formula is C16H7Cl3. The Labute approximate surface area is 124 Å². The van der Waals surface area contributed by atoms with E-state index >= 15 is 0 Å². The maximum Gasteiger partial charge on any atom is 0.0499 e. The summed E-state index contributed by atoms with van der Waals surface area (Å²) in [4.78, 5) is 0. The fourth-order valence-electron chi connectivity index (χ4n) is 2.78. The molecule has 0 bridgehead atoms. The maximum absolute atomic E-state index is 6.31. The van der Waals surface area contributed by atoms with E-state index in [9.17, 15) is 0 Å². The van der Waals surface area contributed by atoms with Gasteiger partial charge in [0.15, 0.2) is 0 Å². The standard InChI is InChI=1S/C16H7Cl3/c17-12-6-2-8-1-3-10-13(18)7-14(19)11-5-4-9(12)15(8)16(10)11/h1-7H. The van der Waals surface area contributed by atoms with Crippen LogP contribution in [0, 0.1) is 0 Å². The second-order valence-corrected chi connectivity index (χ2v) is 5.86. The predicted octanol–water partition coefficient (Wildman–Crippen LogP) is 6.54. The van der Waals surface area contributed by atoms with Crippen molar-refractivity contribution in [3.63, 3.8) is 0 Å². The summed E-state index contributed by atoms with van der Waals surface area (Å²) in [6.07, 6.45) is 0. The van der Waals surface area contributed by atoms with Gasteiger partial charge in [0.25, 0.3) is 0 Å². The molecule has 0 spiro atoms. The van der Waals surface area contributed by atoms with Crippen molar-refractivity contribution in [2.45, 2.75) is 0 Å². The number of hydrogen-bond donors (Lipinski definition) is 0. The minimum atomic E-state index is 0.673. The van der Waals surface area contributed by atoms with Gasteiger partial charge < -0.3 is 0 Å². The second-order valence-electron chi connectivity index (χ2n) is 4.63. The van der Waals surface area contributed by atoms with Crippen molar-refractivity contribution in [1.82, 2.24) is 0 Å². The summed E-state index contributed by atoms with van der Waals surface area (Å²) in [5, 5.41) is 8.54. The lowest BCUT2D eigenvalue weighted by Crippen LogP contribution is -1.86. The average molecular weight is 306 g/mol. The summed E-state index contributed by atoms with van der Waals surface area (Å²) in [5.41, 5.74) is 0. The van der Waals surface area contributed by atoms with Crippen molar-refractivity contribution >= 4 is 67.1 Å². The van der Waals surface area contributed by atoms with Crippen molar-refractivity contribution in [2.75, 3.05) is 0 Å². The number of hydrogen-bond acceptors (Lipinski definition) is 0. The average Bonchev–Trinajstić information content (AvgIpc) is 2.41. The van der Waals surface area contributed by atoms with Gasteiger partial charge >= 0.3 is 0 Å². The van der Waals surface area contributed by atoms with Crippen LogP contribution in [0.3, 0.4) is 0 Å². The fraction of sp³-hybridized carbons (Fsp3) is 0. The third kappa shape index (κ3) is 1.48. The molecule has 0 atom stereocenters. The van der Waals surface area contributed by atoms with Crippen molar-refractivity contribution < 1.29 is 0 Å². The normalized spacial score (nSPS) is 11.9. The van der Waals surface area contributed by atoms with Gasteiger partial charge in [0.2, 0.25) is 0 Å². The van der Waals surface area contributed by atoms with Gasteiger partial charge in [-0.2, -0.15) is 0 Å². The molecule has 0 amide bonds. The predicted molar refractivity (Wildman–Crippen MR) is 85.2 cm³/mol. The number of benzene rings is 4. The van der Waals surface area contributed by atoms with Crippen molar-refractivity contribution in [2.24, 2.45) is 0 Å². The highest BCUT2D eigenvalue weighted by molar-refractivity contribution is 6.45. The Morgan fingerprint density at radius 1 is 0.526 bits per heavy atom. The molecule has 4 rings (SSSR count). The van der Waals surface area contributed by atoms with E-state index in [1.165, 1.54) is 0 Å². The molecule has 0 aliphatic carbocycles. The van der Waals surface area contributed by atoms with Gasteiger partial charge in [0.05, 0.1) is 0 Å². The molecule has 3 heteroatoms. The third-order valence-corrected chi connectivity index (χ3v) is 4.58. The summed E-state index contributed by atoms with van der Waals surface area (Å²) in [5.74, 6) is 0. The zero-order valence-corrected chi connectivity index (χ0v) is 11.9. The first-order valence-corrected chi connectivity index (χ1v) is 7.01. The van der Waals surface area contributed by atoms with E-state index in [1.54, 1.807) is 6.07 Å². The van der Waals surface area contributed by atoms with Crippen molar-refractivity contribution in [1.29, 1.82) is 0 Å². The third-order valence-electron chi connectivity index (χ3n) is 3.63. The molecular weight excluding hydrogens is 299 g/mol. The molecule has 4 aromatic carbocycles. The van der Waals surface area contributed by atoms with E-state index in [2.05, 4.69) is 6.07 Å². The lowest BCUT2D eigenvalue weighted by molar-refractivity contribution is 1.77. The summed E-state index contributed by atoms with van der Waals surface area (Å²) >= 11 is 18.9. The molecule has 0 fully saturated rings. The van der Waals surface area contributed by atoms with Gasteiger partial charge in [0.1, 0.15) is 0 Å². The molecule has 19 heavy (non-hydrogen) atoms. The fourth-order valence-corrected chi connectivity index (χ4v) is 3.59. The van der Waals surface area contributed by atoms with Gasteiger partial charge in [-0.3, -0.25) is 0 Å². The van der Waals surface area contributed by atoms with E-state index in [4.69, 9.17) is 34.8 Å². The van der Waals surface area contributed by atoms with Crippen LogP contribution < -0.4 is 0 Å². The molecule has 4 aromatic rings. The lowest BCUT2D eigenvalue weighted by Gasteiger charge is -2.13. The summed E-state index contributed by atoms with van der Waals surface area (Å²) in [7, 11) is 0. The Hall–Kier alpha value is -1.21. The van der Waals surface area contributed by atoms with E-state index in [0.29, 0.717) is 10.0 Å². The molecule has 0 unspecified atom stereocenters. The molecule has 0 aliphatic heterocycles. The molecule has 0 radical (unpaired) electrons. The highest BCUT2D eigenvalue weighted by atomic mass is 35.5. The summed E-state index contributed by atoms with van der Waals surface area (Å²) < 4.78 is 0. The molecule has 0 N–H and O–H groups in total. The topological polar surface area (TPSA) is 0 Å². The van der Waals surface area contributed by atoms with E-state index in [0.717, 1.165) is 37.3 Å². The first-order valence-electron chi connectivity index (χ1n) is 5.88. The van der Waals surface area contributed by atoms with Crippen LogP contribution >= 0.6 is 34.8 Å². The summed E-state index contributed by atoms with van der Waals surface area (Å²) in [6, 6.07) is 13.9. The minimum absolute atomic E-state index is 0.673. The molecule has 92 valence electrons. The van der Waals surface area contributed by atoms with Gasteiger partial charge in [-0.25, -0.2) is 0 Å².